The number of aliphatic hydroxyl groups excluding tert-OH is 1. The number of hydrogen-bond acceptors (Lipinski definition) is 3. The Balaban J connectivity index is 2.32. The Bertz CT molecular complexity index is 344. The van der Waals surface area contributed by atoms with Gasteiger partial charge in [0.1, 0.15) is 0 Å². The van der Waals surface area contributed by atoms with Crippen LogP contribution in [-0.4, -0.2) is 16.7 Å². The van der Waals surface area contributed by atoms with Gasteiger partial charge in [-0.15, -0.1) is 0 Å². The monoisotopic (exact) mass is 174 g/mol. The predicted octanol–water partition coefficient (Wildman–Crippen LogP) is 0.855. The average molecular weight is 174 g/mol. The van der Waals surface area contributed by atoms with Crippen molar-refractivity contribution in [2.24, 2.45) is 5.92 Å². The Kier molecular flexibility index (Phi) is 1.78. The van der Waals surface area contributed by atoms with Crippen molar-refractivity contribution in [1.82, 2.24) is 4.98 Å². The summed E-state index contributed by atoms with van der Waals surface area (Å²) in [7, 11) is 0. The quantitative estimate of drug-likeness (QED) is 0.723. The van der Waals surface area contributed by atoms with Gasteiger partial charge in [0, 0.05) is 24.9 Å². The molecule has 1 aromatic rings. The van der Waals surface area contributed by atoms with Crippen molar-refractivity contribution >= 4 is 0 Å². The van der Waals surface area contributed by atoms with E-state index in [0.717, 1.165) is 12.0 Å². The molecular formula is C10H10N2O. The van der Waals surface area contributed by atoms with Gasteiger partial charge in [-0.2, -0.15) is 5.26 Å². The first-order valence-electron chi connectivity index (χ1n) is 4.26. The highest BCUT2D eigenvalue weighted by atomic mass is 16.3. The van der Waals surface area contributed by atoms with Gasteiger partial charge in [0.15, 0.2) is 0 Å². The second-order valence-electron chi connectivity index (χ2n) is 3.41. The van der Waals surface area contributed by atoms with E-state index in [1.54, 1.807) is 12.4 Å². The molecule has 0 amide bonds. The zero-order valence-electron chi connectivity index (χ0n) is 7.14. The molecule has 2 unspecified atom stereocenters. The Labute approximate surface area is 76.7 Å². The fourth-order valence-electron chi connectivity index (χ4n) is 1.73. The fourth-order valence-corrected chi connectivity index (χ4v) is 1.73. The molecule has 13 heavy (non-hydrogen) atoms. The molecule has 0 aliphatic heterocycles. The van der Waals surface area contributed by atoms with Crippen molar-refractivity contribution in [1.29, 1.82) is 5.26 Å². The van der Waals surface area contributed by atoms with Gasteiger partial charge < -0.3 is 5.11 Å². The van der Waals surface area contributed by atoms with Crippen molar-refractivity contribution in [3.8, 4) is 6.07 Å². The van der Waals surface area contributed by atoms with Crippen LogP contribution in [0.2, 0.25) is 0 Å². The van der Waals surface area contributed by atoms with Crippen LogP contribution >= 0.6 is 0 Å². The van der Waals surface area contributed by atoms with E-state index in [0.29, 0.717) is 0 Å². The second-order valence-corrected chi connectivity index (χ2v) is 3.41. The van der Waals surface area contributed by atoms with Gasteiger partial charge in [-0.1, -0.05) is 6.07 Å². The third kappa shape index (κ3) is 1.11. The van der Waals surface area contributed by atoms with E-state index in [1.165, 1.54) is 0 Å². The van der Waals surface area contributed by atoms with Crippen molar-refractivity contribution < 1.29 is 5.11 Å². The van der Waals surface area contributed by atoms with Crippen LogP contribution < -0.4 is 0 Å². The third-order valence-electron chi connectivity index (χ3n) is 2.70. The minimum Gasteiger partial charge on any atom is -0.396 e. The van der Waals surface area contributed by atoms with Gasteiger partial charge in [0.25, 0.3) is 0 Å². The number of pyridine rings is 1. The molecule has 66 valence electrons. The maximum absolute atomic E-state index is 9.02. The molecule has 3 heteroatoms. The summed E-state index contributed by atoms with van der Waals surface area (Å²) < 4.78 is 0. The Morgan fingerprint density at radius 3 is 3.08 bits per heavy atom. The minimum absolute atomic E-state index is 0.0858. The smallest absolute Gasteiger partial charge is 0.0891 e. The average Bonchev–Trinajstić information content (AvgIpc) is 2.94. The van der Waals surface area contributed by atoms with Crippen molar-refractivity contribution in [3.05, 3.63) is 30.1 Å². The van der Waals surface area contributed by atoms with Crippen LogP contribution in [0, 0.1) is 17.2 Å². The molecule has 0 bridgehead atoms. The molecule has 1 N–H and O–H groups in total. The van der Waals surface area contributed by atoms with Gasteiger partial charge in [-0.05, 0) is 18.1 Å². The Morgan fingerprint density at radius 1 is 1.77 bits per heavy atom. The summed E-state index contributed by atoms with van der Waals surface area (Å²) in [5.41, 5.74) is 0.472. The zero-order chi connectivity index (χ0) is 9.31. The second kappa shape index (κ2) is 2.82. The summed E-state index contributed by atoms with van der Waals surface area (Å²) in [5, 5.41) is 18.0. The molecule has 0 aromatic carbocycles. The number of aliphatic hydroxyl groups is 1. The molecule has 1 aliphatic rings. The molecular weight excluding hydrogens is 164 g/mol. The minimum atomic E-state index is -0.455. The first-order valence-corrected chi connectivity index (χ1v) is 4.26. The topological polar surface area (TPSA) is 56.9 Å². The van der Waals surface area contributed by atoms with E-state index in [-0.39, 0.29) is 12.5 Å². The molecule has 1 saturated carbocycles. The van der Waals surface area contributed by atoms with E-state index in [1.807, 2.05) is 12.1 Å². The lowest BCUT2D eigenvalue weighted by atomic mass is 9.97. The first-order chi connectivity index (χ1) is 6.33. The summed E-state index contributed by atoms with van der Waals surface area (Å²) in [5.74, 6) is 0.0988. The summed E-state index contributed by atoms with van der Waals surface area (Å²) in [6.45, 7) is 0.0858. The Morgan fingerprint density at radius 2 is 2.62 bits per heavy atom. The molecule has 2 atom stereocenters. The van der Waals surface area contributed by atoms with Crippen LogP contribution in [0.1, 0.15) is 12.0 Å². The standard InChI is InChI=1S/C10H10N2O/c11-7-10(4-9(10)6-13)8-2-1-3-12-5-8/h1-3,5,9,13H,4,6H2. The highest BCUT2D eigenvalue weighted by molar-refractivity contribution is 5.39. The highest BCUT2D eigenvalue weighted by Gasteiger charge is 2.55. The fraction of sp³-hybridized carbons (Fsp3) is 0.400. The van der Waals surface area contributed by atoms with Gasteiger partial charge in [0.05, 0.1) is 11.5 Å². The van der Waals surface area contributed by atoms with Crippen molar-refractivity contribution in [3.63, 3.8) is 0 Å². The molecule has 0 saturated heterocycles. The van der Waals surface area contributed by atoms with Gasteiger partial charge in [-0.25, -0.2) is 0 Å². The maximum atomic E-state index is 9.02. The lowest BCUT2D eigenvalue weighted by Gasteiger charge is -2.06. The van der Waals surface area contributed by atoms with Crippen molar-refractivity contribution in [2.45, 2.75) is 11.8 Å². The largest absolute Gasteiger partial charge is 0.396 e. The molecule has 0 radical (unpaired) electrons. The van der Waals surface area contributed by atoms with E-state index < -0.39 is 5.41 Å². The predicted molar refractivity (Wildman–Crippen MR) is 46.7 cm³/mol. The summed E-state index contributed by atoms with van der Waals surface area (Å²) in [6.07, 6.45) is 4.15. The van der Waals surface area contributed by atoms with Crippen LogP contribution in [0.25, 0.3) is 0 Å². The van der Waals surface area contributed by atoms with Gasteiger partial charge in [0.2, 0.25) is 0 Å². The van der Waals surface area contributed by atoms with Gasteiger partial charge in [-0.3, -0.25) is 4.98 Å². The van der Waals surface area contributed by atoms with E-state index in [4.69, 9.17) is 10.4 Å². The van der Waals surface area contributed by atoms with Crippen LogP contribution in [0.4, 0.5) is 0 Å². The first kappa shape index (κ1) is 8.21. The Hall–Kier alpha value is -1.40. The molecule has 1 aliphatic carbocycles. The molecule has 1 aromatic heterocycles. The number of nitrogens with zero attached hydrogens (tertiary/aromatic N) is 2. The number of hydrogen-bond donors (Lipinski definition) is 1. The molecule has 1 fully saturated rings. The van der Waals surface area contributed by atoms with Crippen LogP contribution in [0.3, 0.4) is 0 Å². The lowest BCUT2D eigenvalue weighted by molar-refractivity contribution is 0.269. The zero-order valence-corrected chi connectivity index (χ0v) is 7.14. The summed E-state index contributed by atoms with van der Waals surface area (Å²) in [4.78, 5) is 3.97. The van der Waals surface area contributed by atoms with E-state index in [9.17, 15) is 0 Å². The normalized spacial score (nSPS) is 30.9. The molecule has 1 heterocycles. The number of aromatic nitrogens is 1. The van der Waals surface area contributed by atoms with Crippen LogP contribution in [0.15, 0.2) is 24.5 Å². The summed E-state index contributed by atoms with van der Waals surface area (Å²) >= 11 is 0. The van der Waals surface area contributed by atoms with Gasteiger partial charge >= 0.3 is 0 Å². The van der Waals surface area contributed by atoms with E-state index in [2.05, 4.69) is 11.1 Å². The van der Waals surface area contributed by atoms with Crippen LogP contribution in [0.5, 0.6) is 0 Å². The number of rotatable bonds is 2. The lowest BCUT2D eigenvalue weighted by Crippen LogP contribution is -2.09. The van der Waals surface area contributed by atoms with E-state index >= 15 is 0 Å². The summed E-state index contributed by atoms with van der Waals surface area (Å²) in [6, 6.07) is 5.99. The SMILES string of the molecule is N#CC1(c2cccnc2)CC1CO. The highest BCUT2D eigenvalue weighted by Crippen LogP contribution is 2.53. The maximum Gasteiger partial charge on any atom is 0.0891 e. The molecule has 3 nitrogen and oxygen atoms in total. The molecule has 2 rings (SSSR count). The third-order valence-corrected chi connectivity index (χ3v) is 2.70. The number of nitriles is 1. The van der Waals surface area contributed by atoms with Crippen molar-refractivity contribution in [2.75, 3.05) is 6.61 Å². The van der Waals surface area contributed by atoms with Crippen LogP contribution in [-0.2, 0) is 5.41 Å². The molecule has 0 spiro atoms.